The number of likely N-dealkylation sites (tertiary alicyclic amines) is 2. The summed E-state index contributed by atoms with van der Waals surface area (Å²) in [5.74, 6) is 3.64. The lowest BCUT2D eigenvalue weighted by molar-refractivity contribution is -0.129. The molecule has 2 aromatic carbocycles. The lowest BCUT2D eigenvalue weighted by Gasteiger charge is -2.19. The average molecular weight is 592 g/mol. The summed E-state index contributed by atoms with van der Waals surface area (Å²) in [6.07, 6.45) is 3.22. The molecule has 2 aromatic heterocycles. The highest BCUT2D eigenvalue weighted by Crippen LogP contribution is 2.37. The van der Waals surface area contributed by atoms with Gasteiger partial charge in [-0.05, 0) is 67.1 Å². The topological polar surface area (TPSA) is 117 Å². The van der Waals surface area contributed by atoms with Gasteiger partial charge < -0.3 is 14.5 Å². The zero-order valence-corrected chi connectivity index (χ0v) is 25.4. The van der Waals surface area contributed by atoms with Crippen molar-refractivity contribution in [1.29, 1.82) is 0 Å². The van der Waals surface area contributed by atoms with Crippen molar-refractivity contribution in [2.45, 2.75) is 70.9 Å². The number of H-pyrrole nitrogens is 1. The second-order valence-corrected chi connectivity index (χ2v) is 12.8. The van der Waals surface area contributed by atoms with Crippen molar-refractivity contribution in [3.05, 3.63) is 71.7 Å². The first-order chi connectivity index (χ1) is 21.3. The molecule has 0 bridgehead atoms. The quantitative estimate of drug-likeness (QED) is 0.266. The van der Waals surface area contributed by atoms with Gasteiger partial charge in [-0.15, -0.1) is 0 Å². The Morgan fingerprint density at radius 2 is 1.73 bits per heavy atom. The van der Waals surface area contributed by atoms with Crippen LogP contribution in [-0.4, -0.2) is 66.1 Å². The van der Waals surface area contributed by atoms with Gasteiger partial charge in [-0.3, -0.25) is 14.7 Å². The van der Waals surface area contributed by atoms with Crippen LogP contribution in [-0.2, 0) is 16.1 Å². The summed E-state index contributed by atoms with van der Waals surface area (Å²) in [5.41, 5.74) is 4.42. The number of carbonyl (C=O) groups excluding carboxylic acids is 2. The maximum atomic E-state index is 12.6. The largest absolute Gasteiger partial charge is 0.457 e. The van der Waals surface area contributed by atoms with Gasteiger partial charge in [0.1, 0.15) is 17.3 Å². The highest BCUT2D eigenvalue weighted by Gasteiger charge is 2.41. The molecule has 4 heterocycles. The summed E-state index contributed by atoms with van der Waals surface area (Å²) in [6, 6.07) is 18.1. The van der Waals surface area contributed by atoms with Crippen molar-refractivity contribution in [3.63, 3.8) is 0 Å². The van der Waals surface area contributed by atoms with Gasteiger partial charge in [0.05, 0.1) is 11.4 Å². The highest BCUT2D eigenvalue weighted by molar-refractivity contribution is 5.80. The summed E-state index contributed by atoms with van der Waals surface area (Å²) in [4.78, 5) is 33.8. The van der Waals surface area contributed by atoms with Crippen molar-refractivity contribution in [3.8, 4) is 34.1 Å². The number of nitrogens with one attached hydrogen (secondary N) is 1. The second kappa shape index (κ2) is 11.5. The van der Waals surface area contributed by atoms with E-state index in [4.69, 9.17) is 9.72 Å². The molecule has 10 heteroatoms. The Morgan fingerprint density at radius 1 is 0.932 bits per heavy atom. The molecule has 2 saturated heterocycles. The number of carbonyl (C=O) groups is 2. The van der Waals surface area contributed by atoms with E-state index in [1.807, 2.05) is 64.4 Å². The molecule has 4 aromatic rings. The molecule has 3 fully saturated rings. The van der Waals surface area contributed by atoms with E-state index >= 15 is 0 Å². The van der Waals surface area contributed by atoms with Crippen LogP contribution in [0.25, 0.3) is 22.6 Å². The number of rotatable bonds is 9. The third kappa shape index (κ3) is 5.80. The van der Waals surface area contributed by atoms with E-state index in [1.165, 1.54) is 0 Å². The maximum Gasteiger partial charge on any atom is 0.223 e. The van der Waals surface area contributed by atoms with E-state index in [9.17, 15) is 9.59 Å². The third-order valence-electron chi connectivity index (χ3n) is 8.78. The predicted molar refractivity (Wildman–Crippen MR) is 165 cm³/mol. The number of hydrogen-bond acceptors (Lipinski definition) is 7. The van der Waals surface area contributed by atoms with E-state index in [-0.39, 0.29) is 17.7 Å². The Balaban J connectivity index is 1.14. The summed E-state index contributed by atoms with van der Waals surface area (Å²) in [5, 5.41) is 16.3. The number of amides is 2. The monoisotopic (exact) mass is 591 g/mol. The first-order valence-electron chi connectivity index (χ1n) is 15.6. The number of ether oxygens (including phenoxy) is 1. The Bertz CT molecular complexity index is 1680. The van der Waals surface area contributed by atoms with E-state index in [1.54, 1.807) is 0 Å². The van der Waals surface area contributed by atoms with Crippen LogP contribution in [0.4, 0.5) is 0 Å². The van der Waals surface area contributed by atoms with Crippen LogP contribution in [0.2, 0.25) is 0 Å². The van der Waals surface area contributed by atoms with Gasteiger partial charge in [-0.25, -0.2) is 4.98 Å². The molecular formula is C34H37N7O3. The first kappa shape index (κ1) is 28.2. The van der Waals surface area contributed by atoms with Crippen LogP contribution >= 0.6 is 0 Å². The average Bonchev–Trinajstić information content (AvgIpc) is 3.45. The minimum absolute atomic E-state index is 0.0206. The fourth-order valence-corrected chi connectivity index (χ4v) is 6.11. The number of hydrogen-bond donors (Lipinski definition) is 1. The summed E-state index contributed by atoms with van der Waals surface area (Å²) in [7, 11) is 0. The van der Waals surface area contributed by atoms with Crippen molar-refractivity contribution in [2.24, 2.45) is 5.92 Å². The molecule has 2 amide bonds. The predicted octanol–water partition coefficient (Wildman–Crippen LogP) is 5.69. The standard InChI is InChI=1S/C34H37N7O3/c1-20(2)28-12-13-29(37-36-28)22-6-10-27(11-7-22)44-30-15-23(4-5-24(30)18-40-17-21(3)14-31(40)42)33-35-34(39-38-33)25-16-32(43)41(19-25)26-8-9-26/h4-7,10-13,15,20-21,25-26H,8-9,14,16-19H2,1-3H3,(H,35,38,39). The molecular weight excluding hydrogens is 554 g/mol. The van der Waals surface area contributed by atoms with E-state index in [0.717, 1.165) is 53.3 Å². The molecule has 2 aliphatic heterocycles. The second-order valence-electron chi connectivity index (χ2n) is 12.8. The van der Waals surface area contributed by atoms with E-state index in [2.05, 4.69) is 41.2 Å². The van der Waals surface area contributed by atoms with Gasteiger partial charge in [-0.1, -0.05) is 32.9 Å². The smallest absolute Gasteiger partial charge is 0.223 e. The molecule has 1 aliphatic carbocycles. The van der Waals surface area contributed by atoms with Crippen LogP contribution in [0.3, 0.4) is 0 Å². The molecule has 0 radical (unpaired) electrons. The Morgan fingerprint density at radius 3 is 2.41 bits per heavy atom. The lowest BCUT2D eigenvalue weighted by atomic mass is 10.1. The Labute approximate surface area is 256 Å². The van der Waals surface area contributed by atoms with Gasteiger partial charge in [0, 0.05) is 61.1 Å². The normalized spacial score (nSPS) is 20.3. The zero-order valence-electron chi connectivity index (χ0n) is 25.4. The van der Waals surface area contributed by atoms with Gasteiger partial charge >= 0.3 is 0 Å². The van der Waals surface area contributed by atoms with Crippen LogP contribution in [0, 0.1) is 5.92 Å². The zero-order chi connectivity index (χ0) is 30.4. The SMILES string of the molecule is CC1CC(=O)N(Cc2ccc(-c3n[nH]c(C4CC(=O)N(C5CC5)C4)n3)cc2Oc2ccc(-c3ccc(C(C)C)nn3)cc2)C1. The minimum Gasteiger partial charge on any atom is -0.457 e. The number of nitrogens with zero attached hydrogens (tertiary/aromatic N) is 6. The van der Waals surface area contributed by atoms with E-state index in [0.29, 0.717) is 61.1 Å². The lowest BCUT2D eigenvalue weighted by Crippen LogP contribution is -2.27. The molecule has 3 aliphatic rings. The summed E-state index contributed by atoms with van der Waals surface area (Å²) in [6.45, 7) is 8.18. The minimum atomic E-state index is 0.0206. The molecule has 7 rings (SSSR count). The van der Waals surface area contributed by atoms with Crippen molar-refractivity contribution in [2.75, 3.05) is 13.1 Å². The van der Waals surface area contributed by atoms with Gasteiger partial charge in [0.2, 0.25) is 11.8 Å². The molecule has 226 valence electrons. The molecule has 1 saturated carbocycles. The fraction of sp³-hybridized carbons (Fsp3) is 0.412. The molecule has 0 spiro atoms. The number of aromatic nitrogens is 5. The first-order valence-corrected chi connectivity index (χ1v) is 15.6. The molecule has 44 heavy (non-hydrogen) atoms. The summed E-state index contributed by atoms with van der Waals surface area (Å²) < 4.78 is 6.46. The third-order valence-corrected chi connectivity index (χ3v) is 8.78. The maximum absolute atomic E-state index is 12.6. The van der Waals surface area contributed by atoms with Crippen LogP contribution in [0.1, 0.15) is 75.4 Å². The Kier molecular flexibility index (Phi) is 7.35. The van der Waals surface area contributed by atoms with Crippen molar-refractivity contribution >= 4 is 11.8 Å². The number of benzene rings is 2. The summed E-state index contributed by atoms with van der Waals surface area (Å²) >= 11 is 0. The van der Waals surface area contributed by atoms with Crippen LogP contribution in [0.15, 0.2) is 54.6 Å². The van der Waals surface area contributed by atoms with Crippen molar-refractivity contribution < 1.29 is 14.3 Å². The molecule has 2 unspecified atom stereocenters. The molecule has 2 atom stereocenters. The fourth-order valence-electron chi connectivity index (χ4n) is 6.11. The van der Waals surface area contributed by atoms with Gasteiger partial charge in [0.15, 0.2) is 5.82 Å². The molecule has 10 nitrogen and oxygen atoms in total. The Hall–Kier alpha value is -4.60. The van der Waals surface area contributed by atoms with E-state index < -0.39 is 0 Å². The van der Waals surface area contributed by atoms with Crippen LogP contribution < -0.4 is 4.74 Å². The van der Waals surface area contributed by atoms with Crippen LogP contribution in [0.5, 0.6) is 11.5 Å². The molecule has 1 N–H and O–H groups in total. The van der Waals surface area contributed by atoms with Gasteiger partial charge in [0.25, 0.3) is 0 Å². The van der Waals surface area contributed by atoms with Gasteiger partial charge in [-0.2, -0.15) is 15.3 Å². The van der Waals surface area contributed by atoms with Crippen molar-refractivity contribution in [1.82, 2.24) is 35.2 Å². The number of aromatic amines is 1. The highest BCUT2D eigenvalue weighted by atomic mass is 16.5.